The number of aliphatic hydroxyl groups is 1. The Morgan fingerprint density at radius 3 is 2.27 bits per heavy atom. The Kier molecular flexibility index (Phi) is 15.6. The van der Waals surface area contributed by atoms with Crippen LogP contribution in [0.4, 0.5) is 0 Å². The van der Waals surface area contributed by atoms with Crippen molar-refractivity contribution in [2.24, 2.45) is 0 Å². The summed E-state index contributed by atoms with van der Waals surface area (Å²) in [6.45, 7) is 10.2. The summed E-state index contributed by atoms with van der Waals surface area (Å²) in [6, 6.07) is 0. The number of aliphatic hydroxyl groups excluding tert-OH is 1. The fraction of sp³-hybridized carbons (Fsp3) is 0.857. The summed E-state index contributed by atoms with van der Waals surface area (Å²) in [6.07, 6.45) is 9.28. The van der Waals surface area contributed by atoms with Crippen molar-refractivity contribution in [2.75, 3.05) is 0 Å². The van der Waals surface area contributed by atoms with E-state index in [1.165, 1.54) is 37.7 Å². The maximum absolute atomic E-state index is 9.07. The van der Waals surface area contributed by atoms with Gasteiger partial charge >= 0.3 is 0 Å². The van der Waals surface area contributed by atoms with Crippen molar-refractivity contribution in [3.05, 3.63) is 11.6 Å². The summed E-state index contributed by atoms with van der Waals surface area (Å²) in [5, 5.41) is 9.07. The number of hydrogen-bond acceptors (Lipinski definition) is 1. The topological polar surface area (TPSA) is 20.2 Å². The summed E-state index contributed by atoms with van der Waals surface area (Å²) in [5.41, 5.74) is 1.43. The highest BCUT2D eigenvalue weighted by molar-refractivity contribution is 4.98. The molecule has 0 bridgehead atoms. The minimum atomic E-state index is -0.189. The van der Waals surface area contributed by atoms with Crippen molar-refractivity contribution >= 4 is 0 Å². The second kappa shape index (κ2) is 13.7. The highest BCUT2D eigenvalue weighted by atomic mass is 16.3. The molecule has 0 aliphatic heterocycles. The predicted molar refractivity (Wildman–Crippen MR) is 70.2 cm³/mol. The molecule has 1 atom stereocenters. The van der Waals surface area contributed by atoms with Gasteiger partial charge in [-0.3, -0.25) is 0 Å². The van der Waals surface area contributed by atoms with Crippen LogP contribution < -0.4 is 0 Å². The van der Waals surface area contributed by atoms with Crippen LogP contribution >= 0.6 is 0 Å². The van der Waals surface area contributed by atoms with Crippen LogP contribution in [0.15, 0.2) is 11.6 Å². The summed E-state index contributed by atoms with van der Waals surface area (Å²) in [5.74, 6) is 0. The lowest BCUT2D eigenvalue weighted by Gasteiger charge is -2.02. The Morgan fingerprint density at radius 2 is 1.80 bits per heavy atom. The van der Waals surface area contributed by atoms with Crippen LogP contribution in [0.2, 0.25) is 0 Å². The fourth-order valence-electron chi connectivity index (χ4n) is 1.30. The summed E-state index contributed by atoms with van der Waals surface area (Å²) in [7, 11) is 0. The monoisotopic (exact) mass is 214 g/mol. The molecule has 0 saturated heterocycles. The van der Waals surface area contributed by atoms with E-state index in [-0.39, 0.29) is 6.10 Å². The van der Waals surface area contributed by atoms with E-state index < -0.39 is 0 Å². The van der Waals surface area contributed by atoms with E-state index in [1.807, 2.05) is 20.8 Å². The number of unbranched alkanes of at least 4 members (excludes halogenated alkanes) is 3. The molecule has 0 radical (unpaired) electrons. The van der Waals surface area contributed by atoms with Crippen molar-refractivity contribution in [1.82, 2.24) is 0 Å². The molecule has 1 heteroatoms. The second-order valence-corrected chi connectivity index (χ2v) is 3.95. The molecule has 0 spiro atoms. The van der Waals surface area contributed by atoms with Crippen LogP contribution in [-0.2, 0) is 0 Å². The molecule has 0 aliphatic carbocycles. The van der Waals surface area contributed by atoms with Gasteiger partial charge in [0.05, 0.1) is 6.10 Å². The third kappa shape index (κ3) is 16.4. The van der Waals surface area contributed by atoms with Gasteiger partial charge in [-0.2, -0.15) is 0 Å². The van der Waals surface area contributed by atoms with E-state index in [0.717, 1.165) is 6.42 Å². The Labute approximate surface area is 96.6 Å². The van der Waals surface area contributed by atoms with Gasteiger partial charge in [0.2, 0.25) is 0 Å². The van der Waals surface area contributed by atoms with Crippen LogP contribution in [-0.4, -0.2) is 11.2 Å². The van der Waals surface area contributed by atoms with Crippen molar-refractivity contribution in [3.63, 3.8) is 0 Å². The lowest BCUT2D eigenvalue weighted by atomic mass is 10.1. The number of allylic oxidation sites excluding steroid dienone is 1. The molecule has 0 heterocycles. The molecule has 1 unspecified atom stereocenters. The molecule has 1 N–H and O–H groups in total. The molecule has 0 aliphatic rings. The molecule has 92 valence electrons. The SMILES string of the molecule is CC.CCCCCC/C(C)=C/CC(C)O. The maximum atomic E-state index is 9.07. The van der Waals surface area contributed by atoms with Gasteiger partial charge in [0.15, 0.2) is 0 Å². The summed E-state index contributed by atoms with van der Waals surface area (Å²) < 4.78 is 0. The third-order valence-electron chi connectivity index (χ3n) is 2.23. The van der Waals surface area contributed by atoms with Gasteiger partial charge in [-0.25, -0.2) is 0 Å². The van der Waals surface area contributed by atoms with E-state index in [2.05, 4.69) is 19.9 Å². The van der Waals surface area contributed by atoms with Gasteiger partial charge in [0.25, 0.3) is 0 Å². The molecule has 0 fully saturated rings. The van der Waals surface area contributed by atoms with Gasteiger partial charge in [-0.05, 0) is 33.1 Å². The molecule has 1 nitrogen and oxygen atoms in total. The van der Waals surface area contributed by atoms with E-state index in [0.29, 0.717) is 0 Å². The first-order valence-corrected chi connectivity index (χ1v) is 6.50. The van der Waals surface area contributed by atoms with Crippen LogP contribution in [0.25, 0.3) is 0 Å². The highest BCUT2D eigenvalue weighted by Crippen LogP contribution is 2.10. The third-order valence-corrected chi connectivity index (χ3v) is 2.23. The van der Waals surface area contributed by atoms with E-state index in [9.17, 15) is 0 Å². The van der Waals surface area contributed by atoms with Crippen molar-refractivity contribution in [2.45, 2.75) is 79.2 Å². The molecule has 0 aromatic carbocycles. The Balaban J connectivity index is 0. The first kappa shape index (κ1) is 17.1. The standard InChI is InChI=1S/C12H24O.C2H6/c1-4-5-6-7-8-11(2)9-10-12(3)13;1-2/h9,12-13H,4-8,10H2,1-3H3;1-2H3/b11-9+;. The van der Waals surface area contributed by atoms with Crippen molar-refractivity contribution in [1.29, 1.82) is 0 Å². The molecule has 0 aromatic rings. The molecule has 15 heavy (non-hydrogen) atoms. The average Bonchev–Trinajstić information content (AvgIpc) is 2.24. The minimum Gasteiger partial charge on any atom is -0.393 e. The summed E-state index contributed by atoms with van der Waals surface area (Å²) >= 11 is 0. The normalized spacial score (nSPS) is 13.1. The van der Waals surface area contributed by atoms with Crippen molar-refractivity contribution in [3.8, 4) is 0 Å². The average molecular weight is 214 g/mol. The first-order chi connectivity index (χ1) is 7.16. The molecular formula is C14H30O. The zero-order valence-corrected chi connectivity index (χ0v) is 11.3. The molecule has 0 aromatic heterocycles. The van der Waals surface area contributed by atoms with Crippen LogP contribution in [0.3, 0.4) is 0 Å². The molecule has 0 saturated carbocycles. The van der Waals surface area contributed by atoms with E-state index in [1.54, 1.807) is 0 Å². The second-order valence-electron chi connectivity index (χ2n) is 3.95. The Bertz CT molecular complexity index is 136. The van der Waals surface area contributed by atoms with Crippen molar-refractivity contribution < 1.29 is 5.11 Å². The number of rotatable bonds is 7. The fourth-order valence-corrected chi connectivity index (χ4v) is 1.30. The molecule has 0 rings (SSSR count). The smallest absolute Gasteiger partial charge is 0.0546 e. The molecule has 0 amide bonds. The van der Waals surface area contributed by atoms with Crippen LogP contribution in [0, 0.1) is 0 Å². The van der Waals surface area contributed by atoms with Gasteiger partial charge < -0.3 is 5.11 Å². The zero-order chi connectivity index (χ0) is 12.1. The van der Waals surface area contributed by atoms with Crippen LogP contribution in [0.5, 0.6) is 0 Å². The van der Waals surface area contributed by atoms with Gasteiger partial charge in [-0.1, -0.05) is 51.7 Å². The Hall–Kier alpha value is -0.300. The van der Waals surface area contributed by atoms with Gasteiger partial charge in [0.1, 0.15) is 0 Å². The minimum absolute atomic E-state index is 0.189. The lowest BCUT2D eigenvalue weighted by Crippen LogP contribution is -1.96. The Morgan fingerprint density at radius 1 is 1.20 bits per heavy atom. The van der Waals surface area contributed by atoms with Gasteiger partial charge in [0, 0.05) is 0 Å². The quantitative estimate of drug-likeness (QED) is 0.481. The largest absolute Gasteiger partial charge is 0.393 e. The lowest BCUT2D eigenvalue weighted by molar-refractivity contribution is 0.198. The van der Waals surface area contributed by atoms with Crippen LogP contribution in [0.1, 0.15) is 73.1 Å². The molecular weight excluding hydrogens is 184 g/mol. The predicted octanol–water partition coefficient (Wildman–Crippen LogP) is 4.70. The number of hydrogen-bond donors (Lipinski definition) is 1. The zero-order valence-electron chi connectivity index (χ0n) is 11.3. The van der Waals surface area contributed by atoms with Gasteiger partial charge in [-0.15, -0.1) is 0 Å². The maximum Gasteiger partial charge on any atom is 0.0546 e. The highest BCUT2D eigenvalue weighted by Gasteiger charge is 1.94. The first-order valence-electron chi connectivity index (χ1n) is 6.50. The van der Waals surface area contributed by atoms with E-state index in [4.69, 9.17) is 5.11 Å². The van der Waals surface area contributed by atoms with E-state index >= 15 is 0 Å². The summed E-state index contributed by atoms with van der Waals surface area (Å²) in [4.78, 5) is 0.